The Morgan fingerprint density at radius 3 is 2.37 bits per heavy atom. The van der Waals surface area contributed by atoms with Crippen molar-refractivity contribution in [2.45, 2.75) is 71.1 Å². The topological polar surface area (TPSA) is 123 Å². The molecule has 4 aromatic rings. The maximum absolute atomic E-state index is 11.7. The zero-order chi connectivity index (χ0) is 38.0. The SMILES string of the molecule is COc1nc(-c2cccc(-c3cccc4c3CC[C@@H]4Oc3nc(OC)c(CN4CCC(C)(C(=O)O)CC4)cc3Cl)c2Cl)ccc1CNC[C@@H]1CCC(=O)C1. The number of carboxylic acids is 1. The second-order valence-electron chi connectivity index (χ2n) is 14.9. The Morgan fingerprint density at radius 2 is 1.65 bits per heavy atom. The van der Waals surface area contributed by atoms with Crippen LogP contribution in [0.5, 0.6) is 17.6 Å². The van der Waals surface area contributed by atoms with E-state index in [2.05, 4.69) is 22.3 Å². The number of fused-ring (bicyclic) bond motifs is 1. The van der Waals surface area contributed by atoms with E-state index in [1.165, 1.54) is 0 Å². The van der Waals surface area contributed by atoms with E-state index in [4.69, 9.17) is 47.4 Å². The number of methoxy groups -OCH3 is 2. The van der Waals surface area contributed by atoms with Gasteiger partial charge in [0.15, 0.2) is 0 Å². The average Bonchev–Trinajstić information content (AvgIpc) is 3.79. The van der Waals surface area contributed by atoms with Gasteiger partial charge in [-0.2, -0.15) is 4.98 Å². The van der Waals surface area contributed by atoms with Gasteiger partial charge in [-0.3, -0.25) is 14.5 Å². The van der Waals surface area contributed by atoms with E-state index in [0.717, 1.165) is 70.4 Å². The lowest BCUT2D eigenvalue weighted by Gasteiger charge is -2.36. The molecule has 2 aromatic carbocycles. The maximum Gasteiger partial charge on any atom is 0.309 e. The highest BCUT2D eigenvalue weighted by Gasteiger charge is 2.37. The molecule has 1 saturated heterocycles. The molecule has 12 heteroatoms. The molecule has 54 heavy (non-hydrogen) atoms. The fourth-order valence-corrected chi connectivity index (χ4v) is 8.54. The Labute approximate surface area is 326 Å². The molecule has 10 nitrogen and oxygen atoms in total. The van der Waals surface area contributed by atoms with Crippen LogP contribution in [0.2, 0.25) is 10.0 Å². The summed E-state index contributed by atoms with van der Waals surface area (Å²) in [4.78, 5) is 35.1. The smallest absolute Gasteiger partial charge is 0.309 e. The quantitative estimate of drug-likeness (QED) is 0.137. The van der Waals surface area contributed by atoms with E-state index in [1.54, 1.807) is 14.2 Å². The minimum atomic E-state index is -0.747. The number of hydrogen-bond acceptors (Lipinski definition) is 9. The van der Waals surface area contributed by atoms with Crippen molar-refractivity contribution in [2.75, 3.05) is 33.9 Å². The number of nitrogens with one attached hydrogen (secondary N) is 1. The molecule has 2 atom stereocenters. The largest absolute Gasteiger partial charge is 0.481 e. The molecule has 3 heterocycles. The molecule has 2 N–H and O–H groups in total. The van der Waals surface area contributed by atoms with Crippen molar-refractivity contribution in [3.8, 4) is 40.0 Å². The third kappa shape index (κ3) is 7.94. The van der Waals surface area contributed by atoms with Crippen molar-refractivity contribution in [3.63, 3.8) is 0 Å². The van der Waals surface area contributed by atoms with E-state index in [1.807, 2.05) is 49.4 Å². The number of nitrogens with zero attached hydrogens (tertiary/aromatic N) is 3. The molecule has 0 unspecified atom stereocenters. The van der Waals surface area contributed by atoms with Crippen molar-refractivity contribution in [2.24, 2.45) is 11.3 Å². The van der Waals surface area contributed by atoms with Crippen molar-refractivity contribution in [1.82, 2.24) is 20.2 Å². The van der Waals surface area contributed by atoms with Crippen molar-refractivity contribution >= 4 is 35.0 Å². The van der Waals surface area contributed by atoms with Gasteiger partial charge in [0, 0.05) is 48.2 Å². The maximum atomic E-state index is 11.7. The Hall–Kier alpha value is -4.22. The highest BCUT2D eigenvalue weighted by atomic mass is 35.5. The number of hydrogen-bond donors (Lipinski definition) is 2. The molecule has 0 bridgehead atoms. The highest BCUT2D eigenvalue weighted by Crippen LogP contribution is 2.45. The van der Waals surface area contributed by atoms with E-state index < -0.39 is 11.4 Å². The van der Waals surface area contributed by atoms with Crippen LogP contribution in [-0.4, -0.2) is 65.6 Å². The van der Waals surface area contributed by atoms with Gasteiger partial charge in [0.2, 0.25) is 17.6 Å². The van der Waals surface area contributed by atoms with Gasteiger partial charge < -0.3 is 24.6 Å². The predicted octanol–water partition coefficient (Wildman–Crippen LogP) is 8.35. The second kappa shape index (κ2) is 16.3. The van der Waals surface area contributed by atoms with Crippen LogP contribution in [0.1, 0.15) is 73.8 Å². The molecular weight excluding hydrogens is 727 g/mol. The monoisotopic (exact) mass is 772 g/mol. The number of aliphatic carboxylic acids is 1. The van der Waals surface area contributed by atoms with Gasteiger partial charge in [-0.15, -0.1) is 0 Å². The molecule has 1 aliphatic heterocycles. The fourth-order valence-electron chi connectivity index (χ4n) is 8.00. The number of aromatic nitrogens is 2. The number of ether oxygens (including phenoxy) is 3. The van der Waals surface area contributed by atoms with Crippen LogP contribution in [0.3, 0.4) is 0 Å². The van der Waals surface area contributed by atoms with Crippen LogP contribution in [0.15, 0.2) is 54.6 Å². The van der Waals surface area contributed by atoms with Gasteiger partial charge in [0.25, 0.3) is 0 Å². The zero-order valence-corrected chi connectivity index (χ0v) is 32.4. The van der Waals surface area contributed by atoms with Gasteiger partial charge >= 0.3 is 5.97 Å². The van der Waals surface area contributed by atoms with Crippen LogP contribution in [-0.2, 0) is 29.1 Å². The highest BCUT2D eigenvalue weighted by molar-refractivity contribution is 6.36. The number of carbonyl (C=O) groups is 2. The molecule has 2 aliphatic carbocycles. The number of benzene rings is 2. The number of Topliss-reactive ketones (excluding diaryl/α,β-unsaturated/α-hetero) is 1. The molecule has 3 aliphatic rings. The van der Waals surface area contributed by atoms with Gasteiger partial charge in [0.05, 0.1) is 30.4 Å². The molecular formula is C42H46Cl2N4O6. The first-order valence-corrected chi connectivity index (χ1v) is 19.4. The average molecular weight is 774 g/mol. The Balaban J connectivity index is 1.07. The Bertz CT molecular complexity index is 2050. The third-order valence-corrected chi connectivity index (χ3v) is 12.0. The van der Waals surface area contributed by atoms with E-state index in [0.29, 0.717) is 91.2 Å². The summed E-state index contributed by atoms with van der Waals surface area (Å²) in [6, 6.07) is 18.0. The van der Waals surface area contributed by atoms with Crippen molar-refractivity contribution in [3.05, 3.63) is 86.9 Å². The van der Waals surface area contributed by atoms with Crippen molar-refractivity contribution in [1.29, 1.82) is 0 Å². The lowest BCUT2D eigenvalue weighted by atomic mass is 9.80. The number of halogens is 2. The first-order chi connectivity index (χ1) is 26.1. The summed E-state index contributed by atoms with van der Waals surface area (Å²) in [5, 5.41) is 14.1. The van der Waals surface area contributed by atoms with Crippen molar-refractivity contribution < 1.29 is 28.9 Å². The number of pyridine rings is 2. The summed E-state index contributed by atoms with van der Waals surface area (Å²) >= 11 is 14.0. The molecule has 2 aromatic heterocycles. The van der Waals surface area contributed by atoms with E-state index >= 15 is 0 Å². The van der Waals surface area contributed by atoms with Crippen LogP contribution in [0, 0.1) is 11.3 Å². The number of piperidine rings is 1. The fraction of sp³-hybridized carbons (Fsp3) is 0.429. The van der Waals surface area contributed by atoms with E-state index in [9.17, 15) is 14.7 Å². The van der Waals surface area contributed by atoms with Gasteiger partial charge in [0.1, 0.15) is 16.9 Å². The molecule has 7 rings (SSSR count). The first kappa shape index (κ1) is 38.1. The number of rotatable bonds is 13. The molecule has 284 valence electrons. The minimum absolute atomic E-state index is 0.264. The van der Waals surface area contributed by atoms with E-state index in [-0.39, 0.29) is 6.10 Å². The second-order valence-corrected chi connectivity index (χ2v) is 15.7. The van der Waals surface area contributed by atoms with Crippen LogP contribution < -0.4 is 19.5 Å². The summed E-state index contributed by atoms with van der Waals surface area (Å²) in [6.07, 6.45) is 4.71. The minimum Gasteiger partial charge on any atom is -0.481 e. The summed E-state index contributed by atoms with van der Waals surface area (Å²) < 4.78 is 17.9. The summed E-state index contributed by atoms with van der Waals surface area (Å²) in [5.41, 5.74) is 6.77. The van der Waals surface area contributed by atoms with Gasteiger partial charge in [-0.1, -0.05) is 65.7 Å². The predicted molar refractivity (Wildman–Crippen MR) is 208 cm³/mol. The number of carbonyl (C=O) groups excluding carboxylic acids is 1. The number of ketones is 1. The molecule has 1 saturated carbocycles. The lowest BCUT2D eigenvalue weighted by molar-refractivity contribution is -0.150. The standard InChI is InChI=1S/C42H46Cl2N4O6/c1-42(41(50)51)16-18-48(19-17-42)24-27-21-34(43)40(47-39(27)53-3)54-36-15-13-30-29(6-4-7-31(30)36)32-8-5-9-33(37(32)44)35-14-11-26(38(46-35)52-2)23-45-22-25-10-12-28(49)20-25/h4-9,11,14,21,25,36,45H,10,12-13,15-20,22-24H2,1-3H3,(H,50,51)/t25-,36+/m1/s1. The Morgan fingerprint density at radius 1 is 0.926 bits per heavy atom. The molecule has 0 spiro atoms. The zero-order valence-electron chi connectivity index (χ0n) is 30.9. The molecule has 2 fully saturated rings. The summed E-state index contributed by atoms with van der Waals surface area (Å²) in [7, 11) is 3.20. The van der Waals surface area contributed by atoms with Crippen LogP contribution in [0.25, 0.3) is 22.4 Å². The van der Waals surface area contributed by atoms with Crippen LogP contribution >= 0.6 is 23.2 Å². The molecule has 0 radical (unpaired) electrons. The van der Waals surface area contributed by atoms with Gasteiger partial charge in [-0.25, -0.2) is 4.98 Å². The lowest BCUT2D eigenvalue weighted by Crippen LogP contribution is -2.42. The number of likely N-dealkylation sites (tertiary alicyclic amines) is 1. The summed E-state index contributed by atoms with van der Waals surface area (Å²) in [5.74, 6) is 1.28. The number of carboxylic acid groups (broad SMARTS) is 1. The summed E-state index contributed by atoms with van der Waals surface area (Å²) in [6.45, 7) is 5.08. The normalized spacial score (nSPS) is 19.5. The third-order valence-electron chi connectivity index (χ3n) is 11.3. The first-order valence-electron chi connectivity index (χ1n) is 18.6. The Kier molecular flexibility index (Phi) is 11.5. The van der Waals surface area contributed by atoms with Crippen LogP contribution in [0.4, 0.5) is 0 Å². The van der Waals surface area contributed by atoms with Gasteiger partial charge in [-0.05, 0) is 93.4 Å². The molecule has 0 amide bonds.